The molecule has 0 aromatic heterocycles. The van der Waals surface area contributed by atoms with Crippen LogP contribution < -0.4 is 10.6 Å². The molecule has 0 aliphatic carbocycles. The first-order chi connectivity index (χ1) is 13.7. The van der Waals surface area contributed by atoms with Crippen LogP contribution in [0, 0.1) is 10.1 Å². The van der Waals surface area contributed by atoms with Gasteiger partial charge in [0, 0.05) is 44.4 Å². The van der Waals surface area contributed by atoms with E-state index >= 15 is 0 Å². The standard InChI is InChI=1S/C21H27N5O2.HI/c1-22-21(23-14-18-10-5-6-12-20(18)26(27)28)24-15-19-11-7-13-25(19)16-17-8-3-2-4-9-17;/h2-6,8-10,12,19H,7,11,13-16H2,1H3,(H2,22,23,24);1H. The summed E-state index contributed by atoms with van der Waals surface area (Å²) in [6.45, 7) is 3.21. The number of aliphatic imine (C=N–C) groups is 1. The van der Waals surface area contributed by atoms with Crippen LogP contribution in [-0.2, 0) is 13.1 Å². The number of halogens is 1. The SMILES string of the molecule is CN=C(NCc1ccccc1[N+](=O)[O-])NCC1CCCN1Cc1ccccc1.I. The fourth-order valence-electron chi connectivity index (χ4n) is 3.60. The first-order valence-electron chi connectivity index (χ1n) is 9.62. The fraction of sp³-hybridized carbons (Fsp3) is 0.381. The predicted molar refractivity (Wildman–Crippen MR) is 127 cm³/mol. The van der Waals surface area contributed by atoms with Crippen LogP contribution in [0.4, 0.5) is 5.69 Å². The van der Waals surface area contributed by atoms with E-state index < -0.39 is 0 Å². The Hall–Kier alpha value is -2.20. The minimum atomic E-state index is -0.354. The maximum atomic E-state index is 11.1. The topological polar surface area (TPSA) is 82.8 Å². The van der Waals surface area contributed by atoms with Crippen LogP contribution in [0.3, 0.4) is 0 Å². The molecule has 2 aromatic rings. The molecule has 156 valence electrons. The van der Waals surface area contributed by atoms with Crippen LogP contribution >= 0.6 is 24.0 Å². The minimum Gasteiger partial charge on any atom is -0.355 e. The Morgan fingerprint density at radius 1 is 1.17 bits per heavy atom. The highest BCUT2D eigenvalue weighted by Gasteiger charge is 2.24. The average molecular weight is 509 g/mol. The van der Waals surface area contributed by atoms with Crippen molar-refractivity contribution >= 4 is 35.6 Å². The molecule has 1 aliphatic heterocycles. The van der Waals surface area contributed by atoms with Crippen LogP contribution in [0.25, 0.3) is 0 Å². The number of hydrogen-bond acceptors (Lipinski definition) is 4. The van der Waals surface area contributed by atoms with E-state index in [9.17, 15) is 10.1 Å². The third-order valence-corrected chi connectivity index (χ3v) is 5.09. The second-order valence-corrected chi connectivity index (χ2v) is 6.94. The van der Waals surface area contributed by atoms with Gasteiger partial charge in [0.05, 0.1) is 4.92 Å². The van der Waals surface area contributed by atoms with Gasteiger partial charge in [0.1, 0.15) is 0 Å². The van der Waals surface area contributed by atoms with E-state index in [2.05, 4.69) is 44.8 Å². The summed E-state index contributed by atoms with van der Waals surface area (Å²) in [6, 6.07) is 17.7. The molecule has 0 spiro atoms. The van der Waals surface area contributed by atoms with Crippen molar-refractivity contribution in [3.8, 4) is 0 Å². The number of rotatable bonds is 7. The molecule has 2 aromatic carbocycles. The van der Waals surface area contributed by atoms with Crippen LogP contribution in [0.2, 0.25) is 0 Å². The van der Waals surface area contributed by atoms with E-state index in [1.807, 2.05) is 6.07 Å². The quantitative estimate of drug-likeness (QED) is 0.196. The van der Waals surface area contributed by atoms with Crippen molar-refractivity contribution in [3.05, 3.63) is 75.8 Å². The summed E-state index contributed by atoms with van der Waals surface area (Å²) in [5.41, 5.74) is 2.09. The van der Waals surface area contributed by atoms with Crippen molar-refractivity contribution < 1.29 is 4.92 Å². The van der Waals surface area contributed by atoms with Crippen molar-refractivity contribution in [1.82, 2.24) is 15.5 Å². The maximum absolute atomic E-state index is 11.1. The van der Waals surface area contributed by atoms with Crippen molar-refractivity contribution in [3.63, 3.8) is 0 Å². The van der Waals surface area contributed by atoms with Gasteiger partial charge in [-0.2, -0.15) is 0 Å². The lowest BCUT2D eigenvalue weighted by atomic mass is 10.2. The van der Waals surface area contributed by atoms with Gasteiger partial charge in [0.25, 0.3) is 5.69 Å². The molecule has 1 aliphatic rings. The summed E-state index contributed by atoms with van der Waals surface area (Å²) < 4.78 is 0. The molecule has 0 bridgehead atoms. The first kappa shape index (κ1) is 23.1. The van der Waals surface area contributed by atoms with Crippen molar-refractivity contribution in [1.29, 1.82) is 0 Å². The maximum Gasteiger partial charge on any atom is 0.274 e. The zero-order valence-electron chi connectivity index (χ0n) is 16.6. The van der Waals surface area contributed by atoms with E-state index in [-0.39, 0.29) is 34.6 Å². The van der Waals surface area contributed by atoms with Gasteiger partial charge in [-0.25, -0.2) is 0 Å². The van der Waals surface area contributed by atoms with E-state index in [4.69, 9.17) is 0 Å². The Bertz CT molecular complexity index is 816. The number of nitrogens with one attached hydrogen (secondary N) is 2. The number of nitrogens with zero attached hydrogens (tertiary/aromatic N) is 3. The summed E-state index contributed by atoms with van der Waals surface area (Å²) in [5.74, 6) is 0.657. The van der Waals surface area contributed by atoms with Gasteiger partial charge >= 0.3 is 0 Å². The molecule has 1 heterocycles. The zero-order chi connectivity index (χ0) is 19.8. The zero-order valence-corrected chi connectivity index (χ0v) is 18.9. The normalized spacial score (nSPS) is 16.9. The van der Waals surface area contributed by atoms with Crippen LogP contribution in [0.1, 0.15) is 24.0 Å². The molecular weight excluding hydrogens is 481 g/mol. The van der Waals surface area contributed by atoms with Gasteiger partial charge in [-0.05, 0) is 24.9 Å². The highest BCUT2D eigenvalue weighted by molar-refractivity contribution is 14.0. The molecule has 0 amide bonds. The molecule has 0 saturated carbocycles. The minimum absolute atomic E-state index is 0. The third kappa shape index (κ3) is 6.67. The molecule has 0 radical (unpaired) electrons. The van der Waals surface area contributed by atoms with E-state index in [0.29, 0.717) is 24.1 Å². The number of guanidine groups is 1. The molecular formula is C21H28IN5O2. The van der Waals surface area contributed by atoms with Gasteiger partial charge in [-0.3, -0.25) is 20.0 Å². The summed E-state index contributed by atoms with van der Waals surface area (Å²) in [7, 11) is 1.71. The largest absolute Gasteiger partial charge is 0.355 e. The molecule has 8 heteroatoms. The Morgan fingerprint density at radius 3 is 2.62 bits per heavy atom. The number of benzene rings is 2. The van der Waals surface area contributed by atoms with E-state index in [0.717, 1.165) is 26.1 Å². The molecule has 29 heavy (non-hydrogen) atoms. The number of nitro benzene ring substituents is 1. The molecule has 3 rings (SSSR count). The highest BCUT2D eigenvalue weighted by atomic mass is 127. The molecule has 1 atom stereocenters. The molecule has 2 N–H and O–H groups in total. The van der Waals surface area contributed by atoms with Gasteiger partial charge in [0.2, 0.25) is 0 Å². The number of likely N-dealkylation sites (tertiary alicyclic amines) is 1. The average Bonchev–Trinajstić information content (AvgIpc) is 3.16. The summed E-state index contributed by atoms with van der Waals surface area (Å²) in [5, 5.41) is 17.7. The first-order valence-corrected chi connectivity index (χ1v) is 9.62. The number of hydrogen-bond donors (Lipinski definition) is 2. The lowest BCUT2D eigenvalue weighted by Crippen LogP contribution is -2.44. The van der Waals surface area contributed by atoms with Gasteiger partial charge in [0.15, 0.2) is 5.96 Å². The van der Waals surface area contributed by atoms with Crippen molar-refractivity contribution in [2.75, 3.05) is 20.1 Å². The Morgan fingerprint density at radius 2 is 1.90 bits per heavy atom. The van der Waals surface area contributed by atoms with Crippen LogP contribution in [0.5, 0.6) is 0 Å². The molecule has 1 saturated heterocycles. The van der Waals surface area contributed by atoms with Gasteiger partial charge in [-0.15, -0.1) is 24.0 Å². The molecule has 7 nitrogen and oxygen atoms in total. The monoisotopic (exact) mass is 509 g/mol. The highest BCUT2D eigenvalue weighted by Crippen LogP contribution is 2.20. The third-order valence-electron chi connectivity index (χ3n) is 5.09. The Labute approximate surface area is 188 Å². The van der Waals surface area contributed by atoms with Crippen molar-refractivity contribution in [2.45, 2.75) is 32.0 Å². The van der Waals surface area contributed by atoms with Gasteiger partial charge in [-0.1, -0.05) is 48.5 Å². The molecule has 1 fully saturated rings. The predicted octanol–water partition coefficient (Wildman–Crippen LogP) is 3.54. The second-order valence-electron chi connectivity index (χ2n) is 6.94. The molecule has 1 unspecified atom stereocenters. The Balaban J connectivity index is 0.00000300. The summed E-state index contributed by atoms with van der Waals surface area (Å²) >= 11 is 0. The summed E-state index contributed by atoms with van der Waals surface area (Å²) in [6.07, 6.45) is 2.35. The van der Waals surface area contributed by atoms with Gasteiger partial charge < -0.3 is 10.6 Å². The lowest BCUT2D eigenvalue weighted by Gasteiger charge is -2.25. The van der Waals surface area contributed by atoms with Crippen LogP contribution in [-0.4, -0.2) is 42.0 Å². The summed E-state index contributed by atoms with van der Waals surface area (Å²) in [4.78, 5) is 17.5. The smallest absolute Gasteiger partial charge is 0.274 e. The fourth-order valence-corrected chi connectivity index (χ4v) is 3.60. The van der Waals surface area contributed by atoms with Crippen molar-refractivity contribution in [2.24, 2.45) is 4.99 Å². The number of nitro groups is 1. The Kier molecular flexibility index (Phi) is 9.33. The lowest BCUT2D eigenvalue weighted by molar-refractivity contribution is -0.385. The number of para-hydroxylation sites is 1. The van der Waals surface area contributed by atoms with E-state index in [1.54, 1.807) is 25.2 Å². The second kappa shape index (κ2) is 11.7. The van der Waals surface area contributed by atoms with E-state index in [1.165, 1.54) is 18.1 Å². The van der Waals surface area contributed by atoms with Crippen LogP contribution in [0.15, 0.2) is 59.6 Å².